The molecule has 194 valence electrons. The van der Waals surface area contributed by atoms with Gasteiger partial charge in [0, 0.05) is 31.9 Å². The van der Waals surface area contributed by atoms with E-state index in [0.29, 0.717) is 25.6 Å². The third-order valence-corrected chi connectivity index (χ3v) is 7.60. The third-order valence-electron chi connectivity index (χ3n) is 7.60. The smallest absolute Gasteiger partial charge is 0.321 e. The molecule has 2 saturated heterocycles. The molecule has 1 aromatic heterocycles. The van der Waals surface area contributed by atoms with Crippen molar-refractivity contribution in [3.8, 4) is 0 Å². The van der Waals surface area contributed by atoms with Gasteiger partial charge in [-0.25, -0.2) is 4.79 Å². The highest BCUT2D eigenvalue weighted by Crippen LogP contribution is 2.41. The van der Waals surface area contributed by atoms with Gasteiger partial charge in [-0.05, 0) is 60.3 Å². The molecule has 36 heavy (non-hydrogen) atoms. The van der Waals surface area contributed by atoms with E-state index < -0.39 is 0 Å². The zero-order chi connectivity index (χ0) is 25.7. The largest absolute Gasteiger partial charge is 0.459 e. The number of para-hydroxylation sites is 1. The van der Waals surface area contributed by atoms with Crippen molar-refractivity contribution >= 4 is 23.5 Å². The Morgan fingerprint density at radius 2 is 1.75 bits per heavy atom. The van der Waals surface area contributed by atoms with E-state index in [2.05, 4.69) is 49.6 Å². The summed E-state index contributed by atoms with van der Waals surface area (Å²) in [6, 6.07) is 9.47. The van der Waals surface area contributed by atoms with Crippen molar-refractivity contribution in [3.63, 3.8) is 0 Å². The van der Waals surface area contributed by atoms with Gasteiger partial charge in [-0.15, -0.1) is 0 Å². The predicted octanol–water partition coefficient (Wildman–Crippen LogP) is 4.63. The fraction of sp³-hybridized carbons (Fsp3) is 0.536. The van der Waals surface area contributed by atoms with Crippen molar-refractivity contribution in [2.75, 3.05) is 38.0 Å². The number of urea groups is 1. The molecular formula is C28H38N4O4. The van der Waals surface area contributed by atoms with Crippen LogP contribution >= 0.6 is 0 Å². The van der Waals surface area contributed by atoms with Crippen molar-refractivity contribution in [2.45, 2.75) is 58.8 Å². The number of anilines is 1. The summed E-state index contributed by atoms with van der Waals surface area (Å²) in [5, 5.41) is 5.88. The summed E-state index contributed by atoms with van der Waals surface area (Å²) in [5.41, 5.74) is 3.39. The number of amides is 4. The second-order valence-electron chi connectivity index (χ2n) is 10.4. The van der Waals surface area contributed by atoms with Crippen molar-refractivity contribution in [3.05, 3.63) is 53.5 Å². The van der Waals surface area contributed by atoms with Gasteiger partial charge < -0.3 is 24.9 Å². The maximum Gasteiger partial charge on any atom is 0.321 e. The number of benzene rings is 1. The molecule has 2 aromatic rings. The Kier molecular flexibility index (Phi) is 8.01. The normalized spacial score (nSPS) is 17.0. The molecule has 2 aliphatic rings. The van der Waals surface area contributed by atoms with Gasteiger partial charge in [0.05, 0.1) is 12.8 Å². The summed E-state index contributed by atoms with van der Waals surface area (Å²) in [5.74, 6) is 0.0434. The standard InChI is InChI=1S/C28H38N4O4/c1-4-7-21-8-5-9-22(20(2)3)25(21)30-27(35)32-16-13-28(19-32)11-14-31(15-12-28)24(33)18-29-26(34)23-10-6-17-36-23/h5-6,8-10,17,20H,4,7,11-16,18-19H2,1-3H3,(H,29,34)(H,30,35). The first kappa shape index (κ1) is 25.8. The zero-order valence-corrected chi connectivity index (χ0v) is 21.6. The van der Waals surface area contributed by atoms with Crippen LogP contribution in [0.4, 0.5) is 10.5 Å². The lowest BCUT2D eigenvalue weighted by Crippen LogP contribution is -2.48. The van der Waals surface area contributed by atoms with E-state index in [4.69, 9.17) is 4.42 Å². The summed E-state index contributed by atoms with van der Waals surface area (Å²) in [7, 11) is 0. The highest BCUT2D eigenvalue weighted by atomic mass is 16.3. The van der Waals surface area contributed by atoms with Crippen LogP contribution in [0, 0.1) is 5.41 Å². The Hall–Kier alpha value is -3.29. The topological polar surface area (TPSA) is 94.9 Å². The minimum absolute atomic E-state index is 0.0310. The van der Waals surface area contributed by atoms with Gasteiger partial charge in [0.25, 0.3) is 5.91 Å². The molecule has 1 spiro atoms. The van der Waals surface area contributed by atoms with E-state index in [-0.39, 0.29) is 35.6 Å². The van der Waals surface area contributed by atoms with Crippen LogP contribution in [0.2, 0.25) is 0 Å². The van der Waals surface area contributed by atoms with E-state index in [9.17, 15) is 14.4 Å². The SMILES string of the molecule is CCCc1cccc(C(C)C)c1NC(=O)N1CCC2(CCN(C(=O)CNC(=O)c3ccco3)CC2)C1. The highest BCUT2D eigenvalue weighted by molar-refractivity contribution is 5.94. The predicted molar refractivity (Wildman–Crippen MR) is 139 cm³/mol. The van der Waals surface area contributed by atoms with E-state index in [1.165, 1.54) is 17.4 Å². The van der Waals surface area contributed by atoms with E-state index in [1.807, 2.05) is 9.80 Å². The first-order valence-electron chi connectivity index (χ1n) is 13.1. The number of likely N-dealkylation sites (tertiary alicyclic amines) is 2. The van der Waals surface area contributed by atoms with Gasteiger partial charge in [-0.1, -0.05) is 45.4 Å². The van der Waals surface area contributed by atoms with Crippen molar-refractivity contribution in [2.24, 2.45) is 5.41 Å². The van der Waals surface area contributed by atoms with Crippen LogP contribution in [-0.4, -0.2) is 60.4 Å². The molecule has 0 bridgehead atoms. The Labute approximate surface area is 213 Å². The minimum atomic E-state index is -0.389. The van der Waals surface area contributed by atoms with Crippen molar-refractivity contribution in [1.82, 2.24) is 15.1 Å². The molecule has 1 aromatic carbocycles. The highest BCUT2D eigenvalue weighted by Gasteiger charge is 2.43. The van der Waals surface area contributed by atoms with Crippen molar-refractivity contribution < 1.29 is 18.8 Å². The number of carbonyl (C=O) groups is 3. The van der Waals surface area contributed by atoms with Gasteiger partial charge in [0.1, 0.15) is 0 Å². The second-order valence-corrected chi connectivity index (χ2v) is 10.4. The van der Waals surface area contributed by atoms with Crippen LogP contribution in [0.3, 0.4) is 0 Å². The average molecular weight is 495 g/mol. The number of hydrogen-bond donors (Lipinski definition) is 2. The molecule has 0 saturated carbocycles. The summed E-state index contributed by atoms with van der Waals surface area (Å²) < 4.78 is 5.07. The summed E-state index contributed by atoms with van der Waals surface area (Å²) >= 11 is 0. The number of piperidine rings is 1. The maximum absolute atomic E-state index is 13.3. The first-order valence-corrected chi connectivity index (χ1v) is 13.1. The van der Waals surface area contributed by atoms with Crippen LogP contribution in [0.5, 0.6) is 0 Å². The first-order chi connectivity index (χ1) is 17.3. The monoisotopic (exact) mass is 494 g/mol. The molecule has 4 amide bonds. The summed E-state index contributed by atoms with van der Waals surface area (Å²) in [6.07, 6.45) is 6.06. The lowest BCUT2D eigenvalue weighted by atomic mass is 9.78. The molecule has 2 fully saturated rings. The number of aryl methyl sites for hydroxylation is 1. The molecule has 0 radical (unpaired) electrons. The minimum Gasteiger partial charge on any atom is -0.459 e. The molecule has 2 N–H and O–H groups in total. The molecule has 0 unspecified atom stereocenters. The molecule has 8 nitrogen and oxygen atoms in total. The van der Waals surface area contributed by atoms with Crippen LogP contribution < -0.4 is 10.6 Å². The van der Waals surface area contributed by atoms with E-state index >= 15 is 0 Å². The van der Waals surface area contributed by atoms with Gasteiger partial charge in [-0.2, -0.15) is 0 Å². The average Bonchev–Trinajstić information content (AvgIpc) is 3.55. The number of hydrogen-bond acceptors (Lipinski definition) is 4. The molecule has 3 heterocycles. The number of carbonyl (C=O) groups excluding carboxylic acids is 3. The summed E-state index contributed by atoms with van der Waals surface area (Å²) in [4.78, 5) is 41.7. The van der Waals surface area contributed by atoms with Crippen LogP contribution in [-0.2, 0) is 11.2 Å². The van der Waals surface area contributed by atoms with Crippen molar-refractivity contribution in [1.29, 1.82) is 0 Å². The molecule has 0 atom stereocenters. The second kappa shape index (κ2) is 11.2. The Morgan fingerprint density at radius 3 is 2.39 bits per heavy atom. The van der Waals surface area contributed by atoms with Gasteiger partial charge >= 0.3 is 6.03 Å². The number of rotatable bonds is 7. The van der Waals surface area contributed by atoms with Crippen LogP contribution in [0.1, 0.15) is 74.1 Å². The zero-order valence-electron chi connectivity index (χ0n) is 21.6. The Morgan fingerprint density at radius 1 is 1.03 bits per heavy atom. The van der Waals surface area contributed by atoms with E-state index in [1.54, 1.807) is 12.1 Å². The van der Waals surface area contributed by atoms with Crippen LogP contribution in [0.25, 0.3) is 0 Å². The Bertz CT molecular complexity index is 1070. The quantitative estimate of drug-likeness (QED) is 0.587. The lowest BCUT2D eigenvalue weighted by molar-refractivity contribution is -0.132. The van der Waals surface area contributed by atoms with E-state index in [0.717, 1.165) is 44.3 Å². The van der Waals surface area contributed by atoms with Gasteiger partial charge in [-0.3, -0.25) is 9.59 Å². The molecule has 2 aliphatic heterocycles. The lowest BCUT2D eigenvalue weighted by Gasteiger charge is -2.39. The molecule has 4 rings (SSSR count). The molecule has 0 aliphatic carbocycles. The fourth-order valence-electron chi connectivity index (χ4n) is 5.43. The molecule has 8 heteroatoms. The van der Waals surface area contributed by atoms with Gasteiger partial charge in [0.2, 0.25) is 5.91 Å². The number of nitrogens with one attached hydrogen (secondary N) is 2. The third kappa shape index (κ3) is 5.74. The fourth-order valence-corrected chi connectivity index (χ4v) is 5.43. The van der Waals surface area contributed by atoms with Gasteiger partial charge in [0.15, 0.2) is 5.76 Å². The number of furan rings is 1. The van der Waals surface area contributed by atoms with Crippen LogP contribution in [0.15, 0.2) is 41.0 Å². The number of nitrogens with zero attached hydrogens (tertiary/aromatic N) is 2. The molecular weight excluding hydrogens is 456 g/mol. The summed E-state index contributed by atoms with van der Waals surface area (Å²) in [6.45, 7) is 9.14. The Balaban J connectivity index is 1.30. The maximum atomic E-state index is 13.3.